The van der Waals surface area contributed by atoms with Gasteiger partial charge in [-0.05, 0) is 26.3 Å². The van der Waals surface area contributed by atoms with Gasteiger partial charge >= 0.3 is 5.97 Å². The fourth-order valence-electron chi connectivity index (χ4n) is 1.58. The van der Waals surface area contributed by atoms with Crippen LogP contribution in [0.4, 0.5) is 0 Å². The second kappa shape index (κ2) is 6.18. The van der Waals surface area contributed by atoms with Crippen LogP contribution in [0.1, 0.15) is 26.3 Å². The summed E-state index contributed by atoms with van der Waals surface area (Å²) in [6.45, 7) is 5.56. The highest BCUT2D eigenvalue weighted by Crippen LogP contribution is 2.10. The Bertz CT molecular complexity index is 484. The van der Waals surface area contributed by atoms with Gasteiger partial charge in [-0.2, -0.15) is 0 Å². The number of carbonyl (C=O) groups is 2. The number of carbonyl (C=O) groups excluding carboxylic acids is 1. The Labute approximate surface area is 113 Å². The molecule has 0 heterocycles. The van der Waals surface area contributed by atoms with E-state index in [0.29, 0.717) is 6.42 Å². The molecule has 0 radical (unpaired) electrons. The van der Waals surface area contributed by atoms with E-state index in [0.717, 1.165) is 11.6 Å². The number of carboxylic acid groups (broad SMARTS) is 1. The number of benzene rings is 1. The van der Waals surface area contributed by atoms with E-state index < -0.39 is 11.5 Å². The number of amides is 1. The molecular formula is C15H19NO3. The molecule has 0 aromatic heterocycles. The maximum absolute atomic E-state index is 12.1. The molecule has 0 atom stereocenters. The van der Waals surface area contributed by atoms with Crippen molar-refractivity contribution in [3.05, 3.63) is 47.5 Å². The van der Waals surface area contributed by atoms with Crippen LogP contribution in [0, 0.1) is 0 Å². The van der Waals surface area contributed by atoms with Crippen molar-refractivity contribution in [1.82, 2.24) is 5.32 Å². The topological polar surface area (TPSA) is 66.4 Å². The monoisotopic (exact) mass is 261 g/mol. The lowest BCUT2D eigenvalue weighted by molar-refractivity contribution is -0.132. The van der Waals surface area contributed by atoms with Crippen molar-refractivity contribution in [3.8, 4) is 0 Å². The highest BCUT2D eigenvalue weighted by atomic mass is 16.4. The Morgan fingerprint density at radius 3 is 2.26 bits per heavy atom. The smallest absolute Gasteiger partial charge is 0.328 e. The van der Waals surface area contributed by atoms with Gasteiger partial charge in [0, 0.05) is 23.6 Å². The SMILES string of the molecule is CC(C)(C)NC(=O)/C(=C/C(=O)O)Cc1ccccc1. The first-order valence-electron chi connectivity index (χ1n) is 6.08. The van der Waals surface area contributed by atoms with E-state index in [9.17, 15) is 9.59 Å². The predicted molar refractivity (Wildman–Crippen MR) is 73.8 cm³/mol. The molecule has 0 unspecified atom stereocenters. The van der Waals surface area contributed by atoms with E-state index >= 15 is 0 Å². The molecule has 0 saturated carbocycles. The Hall–Kier alpha value is -2.10. The van der Waals surface area contributed by atoms with Crippen LogP contribution in [0.15, 0.2) is 42.0 Å². The van der Waals surface area contributed by atoms with Gasteiger partial charge in [0.25, 0.3) is 0 Å². The van der Waals surface area contributed by atoms with E-state index in [1.54, 1.807) is 0 Å². The number of rotatable bonds is 4. The lowest BCUT2D eigenvalue weighted by Gasteiger charge is -2.21. The fraction of sp³-hybridized carbons (Fsp3) is 0.333. The number of hydrogen-bond donors (Lipinski definition) is 2. The second-order valence-electron chi connectivity index (χ2n) is 5.37. The molecule has 2 N–H and O–H groups in total. The van der Waals surface area contributed by atoms with Gasteiger partial charge in [-0.1, -0.05) is 30.3 Å². The average Bonchev–Trinajstić information content (AvgIpc) is 2.26. The molecule has 102 valence electrons. The molecule has 4 heteroatoms. The fourth-order valence-corrected chi connectivity index (χ4v) is 1.58. The Morgan fingerprint density at radius 2 is 1.79 bits per heavy atom. The largest absolute Gasteiger partial charge is 0.478 e. The molecule has 0 fully saturated rings. The van der Waals surface area contributed by atoms with Gasteiger partial charge in [-0.25, -0.2) is 4.79 Å². The van der Waals surface area contributed by atoms with Crippen LogP contribution in [0.3, 0.4) is 0 Å². The van der Waals surface area contributed by atoms with Crippen molar-refractivity contribution in [2.75, 3.05) is 0 Å². The maximum Gasteiger partial charge on any atom is 0.328 e. The van der Waals surface area contributed by atoms with E-state index in [1.807, 2.05) is 51.1 Å². The molecule has 0 aliphatic carbocycles. The maximum atomic E-state index is 12.1. The van der Waals surface area contributed by atoms with Crippen molar-refractivity contribution in [2.24, 2.45) is 0 Å². The molecule has 1 aromatic carbocycles. The summed E-state index contributed by atoms with van der Waals surface area (Å²) in [5.41, 5.74) is 0.749. The van der Waals surface area contributed by atoms with Crippen LogP contribution in [-0.4, -0.2) is 22.5 Å². The molecule has 1 rings (SSSR count). The van der Waals surface area contributed by atoms with Crippen LogP contribution in [-0.2, 0) is 16.0 Å². The third-order valence-corrected chi connectivity index (χ3v) is 2.32. The number of nitrogens with one attached hydrogen (secondary N) is 1. The molecule has 0 bridgehead atoms. The van der Waals surface area contributed by atoms with Crippen molar-refractivity contribution in [2.45, 2.75) is 32.7 Å². The molecule has 4 nitrogen and oxygen atoms in total. The molecule has 1 amide bonds. The normalized spacial score (nSPS) is 12.1. The molecule has 0 aliphatic rings. The zero-order chi connectivity index (χ0) is 14.5. The molecular weight excluding hydrogens is 242 g/mol. The highest BCUT2D eigenvalue weighted by molar-refractivity contribution is 5.99. The Kier molecular flexibility index (Phi) is 4.87. The second-order valence-corrected chi connectivity index (χ2v) is 5.37. The van der Waals surface area contributed by atoms with Gasteiger partial charge in [0.2, 0.25) is 5.91 Å². The zero-order valence-corrected chi connectivity index (χ0v) is 11.4. The standard InChI is InChI=1S/C15H19NO3/c1-15(2,3)16-14(19)12(10-13(17)18)9-11-7-5-4-6-8-11/h4-8,10H,9H2,1-3H3,(H,16,19)(H,17,18)/b12-10+. The zero-order valence-electron chi connectivity index (χ0n) is 11.4. The van der Waals surface area contributed by atoms with Crippen molar-refractivity contribution in [1.29, 1.82) is 0 Å². The lowest BCUT2D eigenvalue weighted by Crippen LogP contribution is -2.41. The van der Waals surface area contributed by atoms with Crippen LogP contribution in [0.5, 0.6) is 0 Å². The predicted octanol–water partition coefficient (Wildman–Crippen LogP) is 2.15. The third-order valence-electron chi connectivity index (χ3n) is 2.32. The summed E-state index contributed by atoms with van der Waals surface area (Å²) >= 11 is 0. The summed E-state index contributed by atoms with van der Waals surface area (Å²) in [6.07, 6.45) is 1.27. The Balaban J connectivity index is 2.91. The number of carboxylic acids is 1. The highest BCUT2D eigenvalue weighted by Gasteiger charge is 2.18. The van der Waals surface area contributed by atoms with Crippen molar-refractivity contribution >= 4 is 11.9 Å². The molecule has 0 spiro atoms. The molecule has 19 heavy (non-hydrogen) atoms. The van der Waals surface area contributed by atoms with Gasteiger partial charge in [0.15, 0.2) is 0 Å². The van der Waals surface area contributed by atoms with E-state index in [2.05, 4.69) is 5.32 Å². The van der Waals surface area contributed by atoms with Gasteiger partial charge in [0.1, 0.15) is 0 Å². The lowest BCUT2D eigenvalue weighted by atomic mass is 10.0. The van der Waals surface area contributed by atoms with Crippen LogP contribution in [0.25, 0.3) is 0 Å². The molecule has 1 aromatic rings. The van der Waals surface area contributed by atoms with Crippen LogP contribution >= 0.6 is 0 Å². The first-order valence-corrected chi connectivity index (χ1v) is 6.08. The number of hydrogen-bond acceptors (Lipinski definition) is 2. The average molecular weight is 261 g/mol. The summed E-state index contributed by atoms with van der Waals surface area (Å²) in [5.74, 6) is -1.46. The van der Waals surface area contributed by atoms with Crippen molar-refractivity contribution < 1.29 is 14.7 Å². The van der Waals surface area contributed by atoms with Gasteiger partial charge in [0.05, 0.1) is 0 Å². The minimum atomic E-state index is -1.12. The summed E-state index contributed by atoms with van der Waals surface area (Å²) in [7, 11) is 0. The summed E-state index contributed by atoms with van der Waals surface area (Å²) < 4.78 is 0. The van der Waals surface area contributed by atoms with E-state index in [4.69, 9.17) is 5.11 Å². The van der Waals surface area contributed by atoms with Crippen molar-refractivity contribution in [3.63, 3.8) is 0 Å². The minimum Gasteiger partial charge on any atom is -0.478 e. The summed E-state index contributed by atoms with van der Waals surface area (Å²) in [5, 5.41) is 11.6. The third kappa shape index (κ3) is 5.86. The minimum absolute atomic E-state index is 0.244. The van der Waals surface area contributed by atoms with Crippen LogP contribution in [0.2, 0.25) is 0 Å². The van der Waals surface area contributed by atoms with E-state index in [1.165, 1.54) is 0 Å². The molecule has 0 aliphatic heterocycles. The first-order chi connectivity index (χ1) is 8.78. The quantitative estimate of drug-likeness (QED) is 0.816. The van der Waals surface area contributed by atoms with Crippen LogP contribution < -0.4 is 5.32 Å². The summed E-state index contributed by atoms with van der Waals surface area (Å²) in [4.78, 5) is 22.9. The summed E-state index contributed by atoms with van der Waals surface area (Å²) in [6, 6.07) is 9.31. The van der Waals surface area contributed by atoms with Gasteiger partial charge < -0.3 is 10.4 Å². The van der Waals surface area contributed by atoms with Gasteiger partial charge in [-0.3, -0.25) is 4.79 Å². The van der Waals surface area contributed by atoms with Gasteiger partial charge in [-0.15, -0.1) is 0 Å². The number of aliphatic carboxylic acids is 1. The Morgan fingerprint density at radius 1 is 1.21 bits per heavy atom. The van der Waals surface area contributed by atoms with E-state index in [-0.39, 0.29) is 11.5 Å². The first kappa shape index (κ1) is 15.0. The molecule has 0 saturated heterocycles.